The van der Waals surface area contributed by atoms with E-state index >= 15 is 0 Å². The highest BCUT2D eigenvalue weighted by atomic mass is 16.5. The topological polar surface area (TPSA) is 102 Å². The molecule has 1 aromatic heterocycles. The molecule has 0 aliphatic carbocycles. The number of aliphatic carboxylic acids is 1. The van der Waals surface area contributed by atoms with E-state index in [1.54, 1.807) is 0 Å². The first-order valence-corrected chi connectivity index (χ1v) is 7.92. The molecule has 3 unspecified atom stereocenters. The van der Waals surface area contributed by atoms with Crippen LogP contribution in [-0.2, 0) is 14.3 Å². The first-order valence-electron chi connectivity index (χ1n) is 7.92. The molecule has 7 heteroatoms. The fourth-order valence-electron chi connectivity index (χ4n) is 3.22. The molecule has 0 spiro atoms. The second-order valence-electron chi connectivity index (χ2n) is 6.20. The summed E-state index contributed by atoms with van der Waals surface area (Å²) >= 11 is 0. The Morgan fingerprint density at radius 1 is 1.43 bits per heavy atom. The van der Waals surface area contributed by atoms with E-state index in [4.69, 9.17) is 9.26 Å². The highest BCUT2D eigenvalue weighted by Gasteiger charge is 2.32. The number of ether oxygens (including phenoxy) is 1. The van der Waals surface area contributed by atoms with Crippen molar-refractivity contribution in [2.45, 2.75) is 52.0 Å². The van der Waals surface area contributed by atoms with Crippen molar-refractivity contribution in [1.29, 1.82) is 0 Å². The summed E-state index contributed by atoms with van der Waals surface area (Å²) in [5.74, 6) is -0.870. The Hall–Kier alpha value is -1.89. The van der Waals surface area contributed by atoms with Gasteiger partial charge in [-0.1, -0.05) is 12.1 Å². The van der Waals surface area contributed by atoms with Gasteiger partial charge in [-0.05, 0) is 32.6 Å². The third-order valence-corrected chi connectivity index (χ3v) is 4.32. The minimum Gasteiger partial charge on any atom is -0.480 e. The molecule has 3 atom stereocenters. The molecule has 2 rings (SSSR count). The Morgan fingerprint density at radius 3 is 2.70 bits per heavy atom. The van der Waals surface area contributed by atoms with E-state index in [9.17, 15) is 14.7 Å². The predicted molar refractivity (Wildman–Crippen MR) is 82.1 cm³/mol. The van der Waals surface area contributed by atoms with Crippen LogP contribution in [0.15, 0.2) is 4.52 Å². The largest absolute Gasteiger partial charge is 0.480 e. The first kappa shape index (κ1) is 17.5. The molecule has 2 N–H and O–H groups in total. The molecule has 0 saturated carbocycles. The lowest BCUT2D eigenvalue weighted by Crippen LogP contribution is -2.48. The lowest BCUT2D eigenvalue weighted by atomic mass is 9.92. The van der Waals surface area contributed by atoms with Crippen LogP contribution in [0.25, 0.3) is 0 Å². The van der Waals surface area contributed by atoms with Gasteiger partial charge in [0.2, 0.25) is 5.91 Å². The molecule has 1 amide bonds. The molecule has 0 aromatic carbocycles. The number of amides is 1. The van der Waals surface area contributed by atoms with Gasteiger partial charge in [0.1, 0.15) is 11.8 Å². The normalized spacial score (nSPS) is 20.7. The van der Waals surface area contributed by atoms with Crippen LogP contribution in [0.1, 0.15) is 49.1 Å². The number of aromatic nitrogens is 1. The summed E-state index contributed by atoms with van der Waals surface area (Å²) < 4.78 is 10.5. The maximum absolute atomic E-state index is 12.3. The van der Waals surface area contributed by atoms with Crippen LogP contribution < -0.4 is 5.32 Å². The zero-order valence-corrected chi connectivity index (χ0v) is 13.8. The maximum atomic E-state index is 12.3. The third kappa shape index (κ3) is 4.31. The number of hydrogen-bond donors (Lipinski definition) is 2. The number of carboxylic acid groups (broad SMARTS) is 1. The summed E-state index contributed by atoms with van der Waals surface area (Å²) in [5.41, 5.74) is 1.67. The second kappa shape index (κ2) is 7.59. The van der Waals surface area contributed by atoms with Crippen LogP contribution >= 0.6 is 0 Å². The molecule has 2 heterocycles. The van der Waals surface area contributed by atoms with Crippen LogP contribution in [0.2, 0.25) is 0 Å². The van der Waals surface area contributed by atoms with Gasteiger partial charge in [-0.2, -0.15) is 0 Å². The van der Waals surface area contributed by atoms with Crippen molar-refractivity contribution < 1.29 is 24.0 Å². The quantitative estimate of drug-likeness (QED) is 0.827. The zero-order valence-electron chi connectivity index (χ0n) is 13.8. The van der Waals surface area contributed by atoms with Gasteiger partial charge in [0, 0.05) is 24.5 Å². The van der Waals surface area contributed by atoms with Crippen LogP contribution in [0.5, 0.6) is 0 Å². The second-order valence-corrected chi connectivity index (χ2v) is 6.20. The SMILES string of the molecule is Cc1noc(C)c1C(C)CC(=O)NC(C(=O)O)C1CCCOC1. The van der Waals surface area contributed by atoms with E-state index in [1.807, 2.05) is 20.8 Å². The van der Waals surface area contributed by atoms with Gasteiger partial charge in [0.15, 0.2) is 0 Å². The van der Waals surface area contributed by atoms with E-state index in [-0.39, 0.29) is 24.2 Å². The molecule has 1 saturated heterocycles. The summed E-state index contributed by atoms with van der Waals surface area (Å²) in [4.78, 5) is 23.7. The van der Waals surface area contributed by atoms with Gasteiger partial charge < -0.3 is 19.7 Å². The zero-order chi connectivity index (χ0) is 17.0. The van der Waals surface area contributed by atoms with Gasteiger partial charge >= 0.3 is 5.97 Å². The number of nitrogens with one attached hydrogen (secondary N) is 1. The van der Waals surface area contributed by atoms with Crippen molar-refractivity contribution in [2.24, 2.45) is 5.92 Å². The monoisotopic (exact) mass is 324 g/mol. The highest BCUT2D eigenvalue weighted by Crippen LogP contribution is 2.26. The smallest absolute Gasteiger partial charge is 0.326 e. The standard InChI is InChI=1S/C16H24N2O5/c1-9(14-10(2)18-23-11(14)3)7-13(19)17-15(16(20)21)12-5-4-6-22-8-12/h9,12,15H,4-8H2,1-3H3,(H,17,19)(H,20,21). The van der Waals surface area contributed by atoms with Gasteiger partial charge in [-0.15, -0.1) is 0 Å². The fourth-order valence-corrected chi connectivity index (χ4v) is 3.22. The summed E-state index contributed by atoms with van der Waals surface area (Å²) in [6.45, 7) is 6.57. The van der Waals surface area contributed by atoms with E-state index in [2.05, 4.69) is 10.5 Å². The van der Waals surface area contributed by atoms with Crippen LogP contribution in [0.4, 0.5) is 0 Å². The molecular formula is C16H24N2O5. The van der Waals surface area contributed by atoms with Crippen molar-refractivity contribution >= 4 is 11.9 Å². The molecule has 0 radical (unpaired) electrons. The summed E-state index contributed by atoms with van der Waals surface area (Å²) in [7, 11) is 0. The van der Waals surface area contributed by atoms with Crippen LogP contribution in [0.3, 0.4) is 0 Å². The Morgan fingerprint density at radius 2 is 2.17 bits per heavy atom. The van der Waals surface area contributed by atoms with Gasteiger partial charge in [0.25, 0.3) is 0 Å². The van der Waals surface area contributed by atoms with Crippen molar-refractivity contribution in [2.75, 3.05) is 13.2 Å². The van der Waals surface area contributed by atoms with E-state index in [0.717, 1.165) is 24.1 Å². The molecule has 0 bridgehead atoms. The Kier molecular flexibility index (Phi) is 5.76. The van der Waals surface area contributed by atoms with Crippen LogP contribution in [0, 0.1) is 19.8 Å². The van der Waals surface area contributed by atoms with Gasteiger partial charge in [0.05, 0.1) is 12.3 Å². The molecule has 1 fully saturated rings. The van der Waals surface area contributed by atoms with E-state index in [0.29, 0.717) is 19.0 Å². The lowest BCUT2D eigenvalue weighted by molar-refractivity contribution is -0.145. The molecular weight excluding hydrogens is 300 g/mol. The average molecular weight is 324 g/mol. The summed E-state index contributed by atoms with van der Waals surface area (Å²) in [6, 6.07) is -0.903. The van der Waals surface area contributed by atoms with Gasteiger partial charge in [-0.3, -0.25) is 4.79 Å². The van der Waals surface area contributed by atoms with E-state index in [1.165, 1.54) is 0 Å². The van der Waals surface area contributed by atoms with Gasteiger partial charge in [-0.25, -0.2) is 4.79 Å². The maximum Gasteiger partial charge on any atom is 0.326 e. The number of carbonyl (C=O) groups is 2. The Bertz CT molecular complexity index is 543. The van der Waals surface area contributed by atoms with Crippen molar-refractivity contribution in [3.05, 3.63) is 17.0 Å². The lowest BCUT2D eigenvalue weighted by Gasteiger charge is -2.28. The number of aryl methyl sites for hydroxylation is 2. The minimum absolute atomic E-state index is 0.0849. The molecule has 1 aliphatic rings. The minimum atomic E-state index is -1.01. The summed E-state index contributed by atoms with van der Waals surface area (Å²) in [6.07, 6.45) is 1.76. The predicted octanol–water partition coefficient (Wildman–Crippen LogP) is 1.78. The number of nitrogens with zero attached hydrogens (tertiary/aromatic N) is 1. The number of carboxylic acids is 1. The Balaban J connectivity index is 1.97. The fraction of sp³-hybridized carbons (Fsp3) is 0.688. The number of carbonyl (C=O) groups excluding carboxylic acids is 1. The van der Waals surface area contributed by atoms with Crippen LogP contribution in [-0.4, -0.2) is 41.4 Å². The summed E-state index contributed by atoms with van der Waals surface area (Å²) in [5, 5.41) is 15.9. The Labute approximate surface area is 135 Å². The molecule has 128 valence electrons. The first-order chi connectivity index (χ1) is 10.9. The average Bonchev–Trinajstić information content (AvgIpc) is 2.84. The molecule has 7 nitrogen and oxygen atoms in total. The highest BCUT2D eigenvalue weighted by molar-refractivity contribution is 5.84. The molecule has 23 heavy (non-hydrogen) atoms. The van der Waals surface area contributed by atoms with E-state index < -0.39 is 12.0 Å². The van der Waals surface area contributed by atoms with Crippen molar-refractivity contribution in [1.82, 2.24) is 10.5 Å². The molecule has 1 aromatic rings. The van der Waals surface area contributed by atoms with Crippen molar-refractivity contribution in [3.63, 3.8) is 0 Å². The number of hydrogen-bond acceptors (Lipinski definition) is 5. The molecule has 1 aliphatic heterocycles. The third-order valence-electron chi connectivity index (χ3n) is 4.32. The number of rotatable bonds is 6. The van der Waals surface area contributed by atoms with Crippen molar-refractivity contribution in [3.8, 4) is 0 Å².